The number of imidazole rings is 1. The smallest absolute Gasteiger partial charge is 0.308 e. The number of rotatable bonds is 4. The van der Waals surface area contributed by atoms with E-state index in [1.165, 1.54) is 26.6 Å². The predicted octanol–water partition coefficient (Wildman–Crippen LogP) is -0.671. The molecule has 2 N–H and O–H groups in total. The molecule has 0 radical (unpaired) electrons. The molecule has 0 spiro atoms. The summed E-state index contributed by atoms with van der Waals surface area (Å²) in [6, 6.07) is 1.79. The van der Waals surface area contributed by atoms with Crippen LogP contribution in [0.15, 0.2) is 18.6 Å². The lowest BCUT2D eigenvalue weighted by Gasteiger charge is -2.33. The Balaban J connectivity index is 1.92. The molecule has 2 aromatic rings. The van der Waals surface area contributed by atoms with E-state index in [2.05, 4.69) is 31.8 Å². The highest BCUT2D eigenvalue weighted by Crippen LogP contribution is 2.22. The first-order chi connectivity index (χ1) is 11.8. The molecule has 11 heteroatoms. The molecule has 1 aliphatic rings. The summed E-state index contributed by atoms with van der Waals surface area (Å²) < 4.78 is 26.5. The highest BCUT2D eigenvalue weighted by molar-refractivity contribution is 7.87. The number of aromatic nitrogens is 4. The molecule has 3 heterocycles. The Morgan fingerprint density at radius 3 is 2.44 bits per heavy atom. The van der Waals surface area contributed by atoms with E-state index in [-0.39, 0.29) is 5.95 Å². The van der Waals surface area contributed by atoms with E-state index in [0.29, 0.717) is 11.4 Å². The van der Waals surface area contributed by atoms with Crippen molar-refractivity contribution in [1.29, 1.82) is 0 Å². The van der Waals surface area contributed by atoms with Crippen LogP contribution in [0.2, 0.25) is 0 Å². The van der Waals surface area contributed by atoms with Gasteiger partial charge in [-0.3, -0.25) is 0 Å². The van der Waals surface area contributed by atoms with Crippen LogP contribution in [0.1, 0.15) is 0 Å². The Morgan fingerprint density at radius 1 is 1.12 bits per heavy atom. The van der Waals surface area contributed by atoms with Gasteiger partial charge in [-0.15, -0.1) is 0 Å². The van der Waals surface area contributed by atoms with Crippen LogP contribution in [0.25, 0.3) is 11.4 Å². The van der Waals surface area contributed by atoms with Crippen molar-refractivity contribution in [3.8, 4) is 11.4 Å². The molecule has 0 amide bonds. The summed E-state index contributed by atoms with van der Waals surface area (Å²) in [5.41, 5.74) is 6.77. The molecule has 0 saturated carbocycles. The van der Waals surface area contributed by atoms with Crippen LogP contribution in [-0.2, 0) is 10.2 Å². The van der Waals surface area contributed by atoms with Gasteiger partial charge >= 0.3 is 10.2 Å². The Kier molecular flexibility index (Phi) is 4.62. The molecule has 136 valence electrons. The van der Waals surface area contributed by atoms with Gasteiger partial charge in [-0.25, -0.2) is 13.9 Å². The van der Waals surface area contributed by atoms with Gasteiger partial charge in [-0.1, -0.05) is 0 Å². The molecule has 0 aliphatic carbocycles. The molecule has 25 heavy (non-hydrogen) atoms. The van der Waals surface area contributed by atoms with Crippen molar-refractivity contribution in [3.63, 3.8) is 0 Å². The molecular weight excluding hydrogens is 344 g/mol. The van der Waals surface area contributed by atoms with Gasteiger partial charge in [0, 0.05) is 46.3 Å². The first kappa shape index (κ1) is 17.6. The van der Waals surface area contributed by atoms with E-state index in [4.69, 9.17) is 5.73 Å². The van der Waals surface area contributed by atoms with Crippen molar-refractivity contribution in [2.75, 3.05) is 58.0 Å². The Labute approximate surface area is 147 Å². The monoisotopic (exact) mass is 366 g/mol. The van der Waals surface area contributed by atoms with Crippen LogP contribution in [0.3, 0.4) is 0 Å². The Hall–Kier alpha value is -2.24. The van der Waals surface area contributed by atoms with Gasteiger partial charge < -0.3 is 15.5 Å². The molecule has 1 saturated heterocycles. The number of piperazine rings is 1. The van der Waals surface area contributed by atoms with Gasteiger partial charge in [0.05, 0.1) is 11.9 Å². The SMILES string of the molecule is CN1CCN(c2cc(-c3cn(S(=O)(=O)N(C)C)cn3)nc(N)n2)CC1. The average Bonchev–Trinajstić information content (AvgIpc) is 3.05. The lowest BCUT2D eigenvalue weighted by Crippen LogP contribution is -2.44. The van der Waals surface area contributed by atoms with E-state index in [1.54, 1.807) is 6.07 Å². The fourth-order valence-electron chi connectivity index (χ4n) is 2.53. The minimum Gasteiger partial charge on any atom is -0.368 e. The van der Waals surface area contributed by atoms with Gasteiger partial charge in [0.15, 0.2) is 0 Å². The molecule has 3 rings (SSSR count). The van der Waals surface area contributed by atoms with Crippen molar-refractivity contribution in [2.24, 2.45) is 0 Å². The summed E-state index contributed by atoms with van der Waals surface area (Å²) in [6.45, 7) is 3.57. The molecule has 2 aromatic heterocycles. The molecular formula is C14H22N8O2S. The zero-order chi connectivity index (χ0) is 18.2. The number of nitrogens with two attached hydrogens (primary N) is 1. The second kappa shape index (κ2) is 6.58. The van der Waals surface area contributed by atoms with Crippen LogP contribution in [0, 0.1) is 0 Å². The third-order valence-electron chi connectivity index (χ3n) is 4.11. The van der Waals surface area contributed by atoms with Gasteiger partial charge in [0.1, 0.15) is 17.8 Å². The maximum Gasteiger partial charge on any atom is 0.308 e. The number of hydrogen-bond donors (Lipinski definition) is 1. The predicted molar refractivity (Wildman–Crippen MR) is 95.4 cm³/mol. The number of hydrogen-bond acceptors (Lipinski definition) is 8. The van der Waals surface area contributed by atoms with Crippen LogP contribution >= 0.6 is 0 Å². The van der Waals surface area contributed by atoms with E-state index in [0.717, 1.165) is 40.3 Å². The highest BCUT2D eigenvalue weighted by atomic mass is 32.2. The largest absolute Gasteiger partial charge is 0.368 e. The molecule has 10 nitrogen and oxygen atoms in total. The summed E-state index contributed by atoms with van der Waals surface area (Å²) in [4.78, 5) is 17.0. The topological polar surface area (TPSA) is 113 Å². The molecule has 0 unspecified atom stereocenters. The summed E-state index contributed by atoms with van der Waals surface area (Å²) in [7, 11) is 1.39. The van der Waals surface area contributed by atoms with Gasteiger partial charge in [-0.05, 0) is 7.05 Å². The lowest BCUT2D eigenvalue weighted by molar-refractivity contribution is 0.312. The average molecular weight is 366 g/mol. The third kappa shape index (κ3) is 3.57. The standard InChI is InChI=1S/C14H22N8O2S/c1-19(2)25(23,24)22-9-12(16-10-22)11-8-13(18-14(15)17-11)21-6-4-20(3)5-7-21/h8-10H,4-7H2,1-3H3,(H2,15,17,18). The summed E-state index contributed by atoms with van der Waals surface area (Å²) >= 11 is 0. The van der Waals surface area contributed by atoms with Gasteiger partial charge in [0.25, 0.3) is 0 Å². The second-order valence-electron chi connectivity index (χ2n) is 6.14. The fraction of sp³-hybridized carbons (Fsp3) is 0.500. The molecule has 1 aliphatic heterocycles. The minimum absolute atomic E-state index is 0.136. The van der Waals surface area contributed by atoms with Crippen molar-refractivity contribution in [1.82, 2.24) is 28.1 Å². The number of nitrogen functional groups attached to an aromatic ring is 1. The van der Waals surface area contributed by atoms with E-state index >= 15 is 0 Å². The Bertz CT molecular complexity index is 855. The van der Waals surface area contributed by atoms with Crippen molar-refractivity contribution in [3.05, 3.63) is 18.6 Å². The lowest BCUT2D eigenvalue weighted by atomic mass is 10.2. The number of anilines is 2. The van der Waals surface area contributed by atoms with Gasteiger partial charge in [-0.2, -0.15) is 17.7 Å². The van der Waals surface area contributed by atoms with Crippen LogP contribution in [-0.4, -0.2) is 83.9 Å². The molecule has 1 fully saturated rings. The van der Waals surface area contributed by atoms with Crippen LogP contribution < -0.4 is 10.6 Å². The number of nitrogens with zero attached hydrogens (tertiary/aromatic N) is 7. The minimum atomic E-state index is -3.61. The van der Waals surface area contributed by atoms with E-state index in [1.807, 2.05) is 0 Å². The number of likely N-dealkylation sites (N-methyl/N-ethyl adjacent to an activating group) is 1. The fourth-order valence-corrected chi connectivity index (χ4v) is 3.31. The Morgan fingerprint density at radius 2 is 1.80 bits per heavy atom. The first-order valence-corrected chi connectivity index (χ1v) is 9.22. The van der Waals surface area contributed by atoms with Crippen molar-refractivity contribution in [2.45, 2.75) is 0 Å². The zero-order valence-corrected chi connectivity index (χ0v) is 15.3. The summed E-state index contributed by atoms with van der Waals surface area (Å²) in [5, 5.41) is 0. The van der Waals surface area contributed by atoms with Crippen LogP contribution in [0.4, 0.5) is 11.8 Å². The quantitative estimate of drug-likeness (QED) is 0.758. The maximum atomic E-state index is 12.2. The molecule has 0 bridgehead atoms. The first-order valence-electron chi connectivity index (χ1n) is 7.83. The van der Waals surface area contributed by atoms with E-state index < -0.39 is 10.2 Å². The third-order valence-corrected chi connectivity index (χ3v) is 5.76. The molecule has 0 aromatic carbocycles. The van der Waals surface area contributed by atoms with Crippen molar-refractivity contribution < 1.29 is 8.42 Å². The summed E-state index contributed by atoms with van der Waals surface area (Å²) in [5.74, 6) is 0.858. The second-order valence-corrected chi connectivity index (χ2v) is 8.19. The maximum absolute atomic E-state index is 12.2. The molecule has 0 atom stereocenters. The van der Waals surface area contributed by atoms with Crippen molar-refractivity contribution >= 4 is 22.0 Å². The van der Waals surface area contributed by atoms with Gasteiger partial charge in [0.2, 0.25) is 5.95 Å². The van der Waals surface area contributed by atoms with Crippen LogP contribution in [0.5, 0.6) is 0 Å². The van der Waals surface area contributed by atoms with E-state index in [9.17, 15) is 8.42 Å². The highest BCUT2D eigenvalue weighted by Gasteiger charge is 2.20. The normalized spacial score (nSPS) is 16.6. The zero-order valence-electron chi connectivity index (χ0n) is 14.5. The summed E-state index contributed by atoms with van der Waals surface area (Å²) in [6.07, 6.45) is 2.67.